The summed E-state index contributed by atoms with van der Waals surface area (Å²) < 4.78 is 22.2. The van der Waals surface area contributed by atoms with Crippen LogP contribution in [0.3, 0.4) is 0 Å². The third-order valence-corrected chi connectivity index (χ3v) is 7.14. The first kappa shape index (κ1) is 24.3. The van der Waals surface area contributed by atoms with Crippen LogP contribution in [0.2, 0.25) is 0 Å². The number of imidazole rings is 1. The number of carbonyl (C=O) groups is 1. The van der Waals surface area contributed by atoms with E-state index in [1.165, 1.54) is 0 Å². The van der Waals surface area contributed by atoms with Gasteiger partial charge in [-0.3, -0.25) is 9.20 Å². The van der Waals surface area contributed by atoms with Crippen molar-refractivity contribution in [1.82, 2.24) is 24.6 Å². The number of likely N-dealkylation sites (N-methyl/N-ethyl adjacent to an activating group) is 1. The molecule has 5 heterocycles. The molecule has 2 N–H and O–H groups in total. The molecule has 0 aliphatic carbocycles. The molecule has 0 saturated carbocycles. The molecule has 1 atom stereocenters. The van der Waals surface area contributed by atoms with Gasteiger partial charge in [-0.05, 0) is 56.4 Å². The molecule has 38 heavy (non-hydrogen) atoms. The van der Waals surface area contributed by atoms with Crippen LogP contribution in [-0.2, 0) is 11.3 Å². The van der Waals surface area contributed by atoms with Crippen molar-refractivity contribution >= 4 is 28.7 Å². The fourth-order valence-corrected chi connectivity index (χ4v) is 5.26. The summed E-state index contributed by atoms with van der Waals surface area (Å²) in [5, 5.41) is 6.25. The maximum absolute atomic E-state index is 14.6. The van der Waals surface area contributed by atoms with E-state index >= 15 is 0 Å². The molecule has 1 unspecified atom stereocenters. The third kappa shape index (κ3) is 4.35. The van der Waals surface area contributed by atoms with E-state index in [1.54, 1.807) is 23.6 Å². The lowest BCUT2D eigenvalue weighted by Crippen LogP contribution is -2.46. The Balaban J connectivity index is 1.26. The van der Waals surface area contributed by atoms with Crippen LogP contribution in [0.15, 0.2) is 48.9 Å². The summed E-state index contributed by atoms with van der Waals surface area (Å²) in [7, 11) is 4.10. The van der Waals surface area contributed by atoms with Gasteiger partial charge in [0.05, 0.1) is 47.7 Å². The van der Waals surface area contributed by atoms with E-state index in [9.17, 15) is 9.18 Å². The highest BCUT2D eigenvalue weighted by molar-refractivity contribution is 6.06. The highest BCUT2D eigenvalue weighted by Gasteiger charge is 2.28. The Morgan fingerprint density at radius 2 is 2.05 bits per heavy atom. The molecule has 0 bridgehead atoms. The molecular weight excluding hydrogens is 485 g/mol. The molecule has 1 aromatic carbocycles. The minimum Gasteiger partial charge on any atom is -0.373 e. The molecule has 9 nitrogen and oxygen atoms in total. The average molecular weight is 516 g/mol. The number of fused-ring (bicyclic) bond motifs is 2. The number of hydrogen-bond donors (Lipinski definition) is 2. The van der Waals surface area contributed by atoms with Crippen molar-refractivity contribution in [2.24, 2.45) is 0 Å². The van der Waals surface area contributed by atoms with Crippen molar-refractivity contribution in [1.29, 1.82) is 0 Å². The minimum atomic E-state index is -0.345. The van der Waals surface area contributed by atoms with Gasteiger partial charge in [-0.1, -0.05) is 6.07 Å². The van der Waals surface area contributed by atoms with Crippen LogP contribution >= 0.6 is 0 Å². The number of benzene rings is 1. The Morgan fingerprint density at radius 3 is 2.84 bits per heavy atom. The van der Waals surface area contributed by atoms with E-state index in [0.29, 0.717) is 35.8 Å². The van der Waals surface area contributed by atoms with E-state index < -0.39 is 0 Å². The van der Waals surface area contributed by atoms with Gasteiger partial charge in [-0.25, -0.2) is 14.4 Å². The Morgan fingerprint density at radius 1 is 1.18 bits per heavy atom. The molecule has 10 heteroatoms. The zero-order chi connectivity index (χ0) is 26.4. The summed E-state index contributed by atoms with van der Waals surface area (Å²) in [5.41, 5.74) is 5.50. The summed E-state index contributed by atoms with van der Waals surface area (Å²) in [5.74, 6) is 0.147. The molecule has 0 radical (unpaired) electrons. The van der Waals surface area contributed by atoms with Crippen LogP contribution in [0.25, 0.3) is 16.9 Å². The molecule has 6 rings (SSSR count). The van der Waals surface area contributed by atoms with E-state index in [0.717, 1.165) is 42.1 Å². The van der Waals surface area contributed by atoms with Crippen LogP contribution in [0, 0.1) is 12.7 Å². The fraction of sp³-hybridized carbons (Fsp3) is 0.321. The molecule has 1 amide bonds. The fourth-order valence-electron chi connectivity index (χ4n) is 5.26. The maximum Gasteiger partial charge on any atom is 0.254 e. The van der Waals surface area contributed by atoms with Crippen molar-refractivity contribution in [2.45, 2.75) is 19.6 Å². The van der Waals surface area contributed by atoms with Crippen molar-refractivity contribution in [2.75, 3.05) is 50.6 Å². The number of pyridine rings is 2. The summed E-state index contributed by atoms with van der Waals surface area (Å²) >= 11 is 0. The highest BCUT2D eigenvalue weighted by Crippen LogP contribution is 2.36. The Labute approximate surface area is 220 Å². The van der Waals surface area contributed by atoms with E-state index in [-0.39, 0.29) is 23.5 Å². The molecule has 196 valence electrons. The van der Waals surface area contributed by atoms with Gasteiger partial charge in [0.25, 0.3) is 5.91 Å². The number of ether oxygens (including phenoxy) is 1. The number of nitrogens with zero attached hydrogens (tertiary/aromatic N) is 5. The third-order valence-electron chi connectivity index (χ3n) is 7.14. The zero-order valence-electron chi connectivity index (χ0n) is 21.7. The van der Waals surface area contributed by atoms with E-state index in [2.05, 4.69) is 30.4 Å². The summed E-state index contributed by atoms with van der Waals surface area (Å²) in [4.78, 5) is 26.2. The highest BCUT2D eigenvalue weighted by atomic mass is 19.1. The standard InChI is InChI=1S/C28H30FN7O2/c1-17-8-9-36-23(14-31-27(36)26(17)29)20-5-6-22(25-21(20)13-32-28(25)37)33-24-7-4-18(12-30-24)35-10-11-38-19(16-35)15-34(2)3/h4-9,12,14,19H,10-11,13,15-16H2,1-3H3,(H,30,33)(H,32,37). The van der Waals surface area contributed by atoms with Crippen molar-refractivity contribution < 1.29 is 13.9 Å². The largest absolute Gasteiger partial charge is 0.373 e. The van der Waals surface area contributed by atoms with Gasteiger partial charge in [-0.15, -0.1) is 0 Å². The molecule has 2 aliphatic rings. The van der Waals surface area contributed by atoms with Crippen LogP contribution in [-0.4, -0.2) is 71.6 Å². The lowest BCUT2D eigenvalue weighted by Gasteiger charge is -2.35. The van der Waals surface area contributed by atoms with Gasteiger partial charge in [-0.2, -0.15) is 0 Å². The first-order valence-corrected chi connectivity index (χ1v) is 12.7. The predicted molar refractivity (Wildman–Crippen MR) is 145 cm³/mol. The molecule has 2 aliphatic heterocycles. The molecule has 3 aromatic heterocycles. The maximum atomic E-state index is 14.6. The molecular formula is C28H30FN7O2. The number of aryl methyl sites for hydroxylation is 1. The SMILES string of the molecule is Cc1ccn2c(-c3ccc(Nc4ccc(N5CCOC(CN(C)C)C5)cn4)c4c3CNC4=O)cnc2c1F. The first-order valence-electron chi connectivity index (χ1n) is 12.7. The smallest absolute Gasteiger partial charge is 0.254 e. The van der Waals surface area contributed by atoms with Crippen LogP contribution in [0.5, 0.6) is 0 Å². The number of anilines is 3. The number of morpholine rings is 1. The monoisotopic (exact) mass is 515 g/mol. The molecule has 1 saturated heterocycles. The quantitative estimate of drug-likeness (QED) is 0.406. The van der Waals surface area contributed by atoms with Gasteiger partial charge in [0.2, 0.25) is 0 Å². The van der Waals surface area contributed by atoms with E-state index in [1.807, 2.05) is 50.8 Å². The lowest BCUT2D eigenvalue weighted by molar-refractivity contribution is 0.0247. The second kappa shape index (κ2) is 9.70. The molecule has 4 aromatic rings. The van der Waals surface area contributed by atoms with Crippen molar-refractivity contribution in [3.05, 3.63) is 71.4 Å². The topological polar surface area (TPSA) is 87.0 Å². The number of halogens is 1. The summed E-state index contributed by atoms with van der Waals surface area (Å²) in [6, 6.07) is 9.50. The normalized spacial score (nSPS) is 17.2. The molecule has 0 spiro atoms. The van der Waals surface area contributed by atoms with Gasteiger partial charge in [0.15, 0.2) is 11.5 Å². The molecule has 1 fully saturated rings. The van der Waals surface area contributed by atoms with Gasteiger partial charge in [0, 0.05) is 37.9 Å². The van der Waals surface area contributed by atoms with Gasteiger partial charge >= 0.3 is 0 Å². The second-order valence-corrected chi connectivity index (χ2v) is 10.1. The Hall–Kier alpha value is -4.02. The van der Waals surface area contributed by atoms with Crippen molar-refractivity contribution in [3.8, 4) is 11.3 Å². The average Bonchev–Trinajstić information content (AvgIpc) is 3.51. The van der Waals surface area contributed by atoms with Gasteiger partial charge in [0.1, 0.15) is 5.82 Å². The summed E-state index contributed by atoms with van der Waals surface area (Å²) in [6.45, 7) is 5.29. The van der Waals surface area contributed by atoms with Crippen molar-refractivity contribution in [3.63, 3.8) is 0 Å². The number of rotatable bonds is 6. The number of nitrogens with one attached hydrogen (secondary N) is 2. The van der Waals surface area contributed by atoms with E-state index in [4.69, 9.17) is 4.74 Å². The Bertz CT molecular complexity index is 1520. The van der Waals surface area contributed by atoms with Crippen LogP contribution in [0.4, 0.5) is 21.6 Å². The Kier molecular flexibility index (Phi) is 6.21. The lowest BCUT2D eigenvalue weighted by atomic mass is 9.99. The first-order chi connectivity index (χ1) is 18.4. The minimum absolute atomic E-state index is 0.155. The predicted octanol–water partition coefficient (Wildman–Crippen LogP) is 3.60. The second-order valence-electron chi connectivity index (χ2n) is 10.1. The summed E-state index contributed by atoms with van der Waals surface area (Å²) in [6.07, 6.45) is 5.47. The number of aromatic nitrogens is 3. The van der Waals surface area contributed by atoms with Crippen LogP contribution in [0.1, 0.15) is 21.5 Å². The number of hydrogen-bond acceptors (Lipinski definition) is 7. The van der Waals surface area contributed by atoms with Crippen LogP contribution < -0.4 is 15.5 Å². The zero-order valence-corrected chi connectivity index (χ0v) is 21.7. The van der Waals surface area contributed by atoms with Gasteiger partial charge < -0.3 is 25.2 Å². The number of amides is 1. The number of carbonyl (C=O) groups excluding carboxylic acids is 1.